The van der Waals surface area contributed by atoms with Crippen molar-refractivity contribution in [2.45, 2.75) is 6.18 Å². The fourth-order valence-corrected chi connectivity index (χ4v) is 2.51. The van der Waals surface area contributed by atoms with Gasteiger partial charge in [0.05, 0.1) is 20.3 Å². The molecule has 8 nitrogen and oxygen atoms in total. The van der Waals surface area contributed by atoms with Gasteiger partial charge in [-0.1, -0.05) is 0 Å². The summed E-state index contributed by atoms with van der Waals surface area (Å²) in [5, 5.41) is 0. The van der Waals surface area contributed by atoms with Gasteiger partial charge in [-0.15, -0.1) is 0 Å². The summed E-state index contributed by atoms with van der Waals surface area (Å²) in [5.74, 6) is 1.24. The van der Waals surface area contributed by atoms with E-state index in [0.29, 0.717) is 43.9 Å². The Morgan fingerprint density at radius 1 is 0.885 bits per heavy atom. The van der Waals surface area contributed by atoms with E-state index in [0.717, 1.165) is 12.3 Å². The summed E-state index contributed by atoms with van der Waals surface area (Å²) in [6, 6.07) is 2.42. The van der Waals surface area contributed by atoms with E-state index >= 15 is 0 Å². The molecule has 140 valence electrons. The van der Waals surface area contributed by atoms with Gasteiger partial charge < -0.3 is 19.3 Å². The van der Waals surface area contributed by atoms with E-state index in [-0.39, 0.29) is 5.95 Å². The zero-order chi connectivity index (χ0) is 18.7. The summed E-state index contributed by atoms with van der Waals surface area (Å²) in [6.07, 6.45) is -3.38. The average molecular weight is 370 g/mol. The number of aromatic nitrogens is 4. The molecule has 1 aliphatic heterocycles. The van der Waals surface area contributed by atoms with Gasteiger partial charge in [0.1, 0.15) is 5.69 Å². The molecule has 0 bridgehead atoms. The van der Waals surface area contributed by atoms with E-state index in [1.807, 2.05) is 4.90 Å². The van der Waals surface area contributed by atoms with Crippen LogP contribution < -0.4 is 19.3 Å². The lowest BCUT2D eigenvalue weighted by molar-refractivity contribution is -0.141. The third-order valence-corrected chi connectivity index (χ3v) is 3.86. The van der Waals surface area contributed by atoms with Crippen LogP contribution in [0.15, 0.2) is 18.3 Å². The van der Waals surface area contributed by atoms with Crippen molar-refractivity contribution in [3.8, 4) is 11.8 Å². The van der Waals surface area contributed by atoms with E-state index < -0.39 is 11.9 Å². The Labute approximate surface area is 147 Å². The van der Waals surface area contributed by atoms with Crippen molar-refractivity contribution in [2.24, 2.45) is 0 Å². The lowest BCUT2D eigenvalue weighted by Crippen LogP contribution is -2.47. The molecule has 0 aromatic carbocycles. The molecule has 0 N–H and O–H groups in total. The third-order valence-electron chi connectivity index (χ3n) is 3.86. The molecule has 1 aliphatic rings. The highest BCUT2D eigenvalue weighted by atomic mass is 19.4. The molecule has 1 fully saturated rings. The minimum Gasteiger partial charge on any atom is -0.481 e. The number of nitrogens with zero attached hydrogens (tertiary/aromatic N) is 6. The van der Waals surface area contributed by atoms with Crippen LogP contribution in [0.2, 0.25) is 0 Å². The second kappa shape index (κ2) is 7.18. The molecule has 0 radical (unpaired) electrons. The van der Waals surface area contributed by atoms with Gasteiger partial charge in [-0.25, -0.2) is 9.97 Å². The highest BCUT2D eigenvalue weighted by Gasteiger charge is 2.33. The number of ether oxygens (including phenoxy) is 2. The molecular weight excluding hydrogens is 353 g/mol. The Morgan fingerprint density at radius 3 is 1.92 bits per heavy atom. The molecule has 0 spiro atoms. The molecule has 0 atom stereocenters. The molecule has 2 aromatic heterocycles. The predicted octanol–water partition coefficient (Wildman–Crippen LogP) is 1.63. The summed E-state index contributed by atoms with van der Waals surface area (Å²) in [4.78, 5) is 19.7. The minimum absolute atomic E-state index is 0.0589. The van der Waals surface area contributed by atoms with Crippen molar-refractivity contribution in [3.05, 3.63) is 24.0 Å². The van der Waals surface area contributed by atoms with Crippen LogP contribution in [-0.2, 0) is 6.18 Å². The highest BCUT2D eigenvalue weighted by molar-refractivity contribution is 5.41. The number of anilines is 2. The van der Waals surface area contributed by atoms with E-state index in [4.69, 9.17) is 9.47 Å². The van der Waals surface area contributed by atoms with Gasteiger partial charge in [0.25, 0.3) is 0 Å². The first-order valence-electron chi connectivity index (χ1n) is 7.78. The lowest BCUT2D eigenvalue weighted by Gasteiger charge is -2.34. The molecule has 3 rings (SSSR count). The molecule has 3 heterocycles. The number of methoxy groups -OCH3 is 2. The number of hydrogen-bond acceptors (Lipinski definition) is 8. The quantitative estimate of drug-likeness (QED) is 0.804. The molecule has 1 saturated heterocycles. The maximum Gasteiger partial charge on any atom is 0.433 e. The Balaban J connectivity index is 1.72. The van der Waals surface area contributed by atoms with E-state index in [1.54, 1.807) is 11.0 Å². The highest BCUT2D eigenvalue weighted by Crippen LogP contribution is 2.28. The van der Waals surface area contributed by atoms with Gasteiger partial charge in [0, 0.05) is 32.4 Å². The van der Waals surface area contributed by atoms with Gasteiger partial charge in [0.15, 0.2) is 0 Å². The first-order chi connectivity index (χ1) is 12.4. The summed E-state index contributed by atoms with van der Waals surface area (Å²) >= 11 is 0. The fraction of sp³-hybridized carbons (Fsp3) is 0.467. The van der Waals surface area contributed by atoms with Crippen LogP contribution in [0.25, 0.3) is 0 Å². The van der Waals surface area contributed by atoms with Gasteiger partial charge in [-0.05, 0) is 6.07 Å². The number of hydrogen-bond donors (Lipinski definition) is 0. The Kier molecular flexibility index (Phi) is 4.96. The summed E-state index contributed by atoms with van der Waals surface area (Å²) in [7, 11) is 2.99. The Hall–Kier alpha value is -2.85. The summed E-state index contributed by atoms with van der Waals surface area (Å²) < 4.78 is 48.7. The number of piperazine rings is 1. The van der Waals surface area contributed by atoms with Crippen LogP contribution in [0.5, 0.6) is 11.8 Å². The van der Waals surface area contributed by atoms with Crippen LogP contribution in [0.3, 0.4) is 0 Å². The number of halogens is 3. The molecule has 26 heavy (non-hydrogen) atoms. The molecule has 0 amide bonds. The zero-order valence-corrected chi connectivity index (χ0v) is 14.2. The smallest absolute Gasteiger partial charge is 0.433 e. The van der Waals surface area contributed by atoms with Crippen molar-refractivity contribution in [2.75, 3.05) is 50.2 Å². The standard InChI is InChI=1S/C15H17F3N6O2/c1-25-11-9-12(26-2)22-14(21-11)24-7-5-23(6-8-24)13-19-4-3-10(20-13)15(16,17)18/h3-4,9H,5-8H2,1-2H3. The largest absolute Gasteiger partial charge is 0.481 e. The first kappa shape index (κ1) is 18.0. The maximum absolute atomic E-state index is 12.8. The number of rotatable bonds is 4. The molecule has 0 unspecified atom stereocenters. The molecule has 11 heteroatoms. The van der Waals surface area contributed by atoms with Crippen LogP contribution in [0.4, 0.5) is 25.1 Å². The van der Waals surface area contributed by atoms with Gasteiger partial charge in [-0.2, -0.15) is 23.1 Å². The van der Waals surface area contributed by atoms with Crippen LogP contribution in [0.1, 0.15) is 5.69 Å². The van der Waals surface area contributed by atoms with Crippen LogP contribution in [-0.4, -0.2) is 60.3 Å². The summed E-state index contributed by atoms with van der Waals surface area (Å²) in [5.41, 5.74) is -0.953. The Bertz CT molecular complexity index is 743. The third kappa shape index (κ3) is 3.86. The van der Waals surface area contributed by atoms with Crippen molar-refractivity contribution < 1.29 is 22.6 Å². The molecule has 0 saturated carbocycles. The van der Waals surface area contributed by atoms with Gasteiger partial charge >= 0.3 is 6.18 Å². The maximum atomic E-state index is 12.8. The predicted molar refractivity (Wildman–Crippen MR) is 86.6 cm³/mol. The van der Waals surface area contributed by atoms with Gasteiger partial charge in [-0.3, -0.25) is 0 Å². The second-order valence-electron chi connectivity index (χ2n) is 5.47. The van der Waals surface area contributed by atoms with E-state index in [1.165, 1.54) is 14.2 Å². The normalized spacial score (nSPS) is 15.1. The van der Waals surface area contributed by atoms with Crippen LogP contribution >= 0.6 is 0 Å². The number of alkyl halides is 3. The zero-order valence-electron chi connectivity index (χ0n) is 14.2. The van der Waals surface area contributed by atoms with Crippen LogP contribution in [0, 0.1) is 0 Å². The molecular formula is C15H17F3N6O2. The summed E-state index contributed by atoms with van der Waals surface area (Å²) in [6.45, 7) is 1.86. The van der Waals surface area contributed by atoms with E-state index in [9.17, 15) is 13.2 Å². The second-order valence-corrected chi connectivity index (χ2v) is 5.47. The minimum atomic E-state index is -4.50. The molecule has 2 aromatic rings. The van der Waals surface area contributed by atoms with E-state index in [2.05, 4.69) is 19.9 Å². The Morgan fingerprint density at radius 2 is 1.42 bits per heavy atom. The van der Waals surface area contributed by atoms with Gasteiger partial charge in [0.2, 0.25) is 23.7 Å². The molecule has 0 aliphatic carbocycles. The van der Waals surface area contributed by atoms with Crippen molar-refractivity contribution in [3.63, 3.8) is 0 Å². The van der Waals surface area contributed by atoms with Crippen molar-refractivity contribution in [1.29, 1.82) is 0 Å². The van der Waals surface area contributed by atoms with Crippen molar-refractivity contribution >= 4 is 11.9 Å². The fourth-order valence-electron chi connectivity index (χ4n) is 2.51. The monoisotopic (exact) mass is 370 g/mol. The van der Waals surface area contributed by atoms with Crippen molar-refractivity contribution in [1.82, 2.24) is 19.9 Å². The SMILES string of the molecule is COc1cc(OC)nc(N2CCN(c3nccc(C(F)(F)F)n3)CC2)n1. The first-order valence-corrected chi connectivity index (χ1v) is 7.78. The average Bonchev–Trinajstić information content (AvgIpc) is 2.67. The lowest BCUT2D eigenvalue weighted by atomic mass is 10.3. The topological polar surface area (TPSA) is 76.5 Å².